The lowest BCUT2D eigenvalue weighted by atomic mass is 10.2. The van der Waals surface area contributed by atoms with Gasteiger partial charge in [-0.15, -0.1) is 0 Å². The highest BCUT2D eigenvalue weighted by Gasteiger charge is 2.29. The van der Waals surface area contributed by atoms with Gasteiger partial charge in [-0.3, -0.25) is 4.79 Å². The van der Waals surface area contributed by atoms with Crippen molar-refractivity contribution in [1.29, 1.82) is 0 Å². The maximum atomic E-state index is 12.7. The molecule has 2 aliphatic rings. The molecule has 2 atom stereocenters. The number of hydrogen-bond donors (Lipinski definition) is 0. The summed E-state index contributed by atoms with van der Waals surface area (Å²) in [6, 6.07) is 3.74. The van der Waals surface area contributed by atoms with Crippen LogP contribution in [0.15, 0.2) is 22.8 Å². The molecule has 1 saturated heterocycles. The minimum atomic E-state index is -0.406. The Balaban J connectivity index is 1.58. The molecule has 1 aliphatic heterocycles. The number of amides is 1. The van der Waals surface area contributed by atoms with Gasteiger partial charge in [0.15, 0.2) is 0 Å². The fourth-order valence-corrected chi connectivity index (χ4v) is 2.75. The number of rotatable bonds is 8. The first-order valence-corrected chi connectivity index (χ1v) is 8.26. The molecule has 1 aliphatic carbocycles. The monoisotopic (exact) mass is 307 g/mol. The molecular formula is C17H25NO4. The Labute approximate surface area is 131 Å². The van der Waals surface area contributed by atoms with Crippen LogP contribution in [0.1, 0.15) is 38.4 Å². The summed E-state index contributed by atoms with van der Waals surface area (Å²) in [5, 5.41) is 0. The summed E-state index contributed by atoms with van der Waals surface area (Å²) in [6.45, 7) is 4.41. The average Bonchev–Trinajstić information content (AvgIpc) is 2.98. The molecule has 2 fully saturated rings. The van der Waals surface area contributed by atoms with E-state index in [1.165, 1.54) is 12.8 Å². The number of carbonyl (C=O) groups excluding carboxylic acids is 1. The van der Waals surface area contributed by atoms with Crippen LogP contribution in [-0.2, 0) is 20.8 Å². The van der Waals surface area contributed by atoms with Gasteiger partial charge in [-0.05, 0) is 50.7 Å². The average molecular weight is 307 g/mol. The van der Waals surface area contributed by atoms with E-state index in [-0.39, 0.29) is 12.0 Å². The fraction of sp³-hybridized carbons (Fsp3) is 0.706. The Kier molecular flexibility index (Phi) is 5.16. The van der Waals surface area contributed by atoms with Crippen molar-refractivity contribution in [2.24, 2.45) is 5.92 Å². The molecule has 0 N–H and O–H groups in total. The van der Waals surface area contributed by atoms with Crippen molar-refractivity contribution in [2.45, 2.75) is 51.4 Å². The van der Waals surface area contributed by atoms with Crippen molar-refractivity contribution < 1.29 is 18.7 Å². The Morgan fingerprint density at radius 2 is 2.32 bits per heavy atom. The largest absolute Gasteiger partial charge is 0.467 e. The molecule has 2 heterocycles. The standard InChI is InChI=1S/C17H25NO4/c1-13(22-12-14-6-7-14)17(19)18(10-15-4-2-8-20-15)11-16-5-3-9-21-16/h2,4,8,13-14,16H,3,5-7,9-12H2,1H3. The van der Waals surface area contributed by atoms with Crippen LogP contribution in [0.25, 0.3) is 0 Å². The number of nitrogens with zero attached hydrogens (tertiary/aromatic N) is 1. The molecule has 0 spiro atoms. The second-order valence-corrected chi connectivity index (χ2v) is 6.35. The quantitative estimate of drug-likeness (QED) is 0.741. The zero-order chi connectivity index (χ0) is 15.4. The van der Waals surface area contributed by atoms with E-state index in [9.17, 15) is 4.79 Å². The maximum absolute atomic E-state index is 12.7. The van der Waals surface area contributed by atoms with Crippen molar-refractivity contribution in [1.82, 2.24) is 4.90 Å². The summed E-state index contributed by atoms with van der Waals surface area (Å²) in [4.78, 5) is 14.5. The summed E-state index contributed by atoms with van der Waals surface area (Å²) < 4.78 is 16.8. The van der Waals surface area contributed by atoms with Crippen LogP contribution in [0.3, 0.4) is 0 Å². The van der Waals surface area contributed by atoms with Gasteiger partial charge in [-0.2, -0.15) is 0 Å². The third-order valence-corrected chi connectivity index (χ3v) is 4.31. The Hall–Kier alpha value is -1.33. The smallest absolute Gasteiger partial charge is 0.251 e. The fourth-order valence-electron chi connectivity index (χ4n) is 2.75. The predicted molar refractivity (Wildman–Crippen MR) is 81.2 cm³/mol. The number of furan rings is 1. The van der Waals surface area contributed by atoms with Crippen LogP contribution in [0.2, 0.25) is 0 Å². The van der Waals surface area contributed by atoms with E-state index in [1.54, 1.807) is 6.26 Å². The molecule has 0 radical (unpaired) electrons. The molecular weight excluding hydrogens is 282 g/mol. The molecule has 5 nitrogen and oxygen atoms in total. The first kappa shape index (κ1) is 15.6. The number of ether oxygens (including phenoxy) is 2. The van der Waals surface area contributed by atoms with E-state index in [0.29, 0.717) is 25.6 Å². The van der Waals surface area contributed by atoms with Crippen LogP contribution in [0.5, 0.6) is 0 Å². The van der Waals surface area contributed by atoms with Gasteiger partial charge < -0.3 is 18.8 Å². The molecule has 122 valence electrons. The summed E-state index contributed by atoms with van der Waals surface area (Å²) in [7, 11) is 0. The molecule has 0 aromatic carbocycles. The zero-order valence-corrected chi connectivity index (χ0v) is 13.2. The Morgan fingerprint density at radius 3 is 2.95 bits per heavy atom. The van der Waals surface area contributed by atoms with E-state index in [2.05, 4.69) is 0 Å². The minimum absolute atomic E-state index is 0.0209. The molecule has 1 aromatic rings. The molecule has 22 heavy (non-hydrogen) atoms. The van der Waals surface area contributed by atoms with Gasteiger partial charge in [0.05, 0.1) is 25.5 Å². The highest BCUT2D eigenvalue weighted by atomic mass is 16.5. The molecule has 3 rings (SSSR count). The van der Waals surface area contributed by atoms with Gasteiger partial charge in [-0.1, -0.05) is 0 Å². The molecule has 1 saturated carbocycles. The Morgan fingerprint density at radius 1 is 1.45 bits per heavy atom. The molecule has 1 amide bonds. The first-order chi connectivity index (χ1) is 10.7. The van der Waals surface area contributed by atoms with Gasteiger partial charge in [0.1, 0.15) is 11.9 Å². The molecule has 5 heteroatoms. The minimum Gasteiger partial charge on any atom is -0.467 e. The third-order valence-electron chi connectivity index (χ3n) is 4.31. The topological polar surface area (TPSA) is 51.9 Å². The second-order valence-electron chi connectivity index (χ2n) is 6.35. The van der Waals surface area contributed by atoms with Crippen molar-refractivity contribution in [3.63, 3.8) is 0 Å². The Bertz CT molecular complexity index is 463. The summed E-state index contributed by atoms with van der Waals surface area (Å²) in [5.41, 5.74) is 0. The lowest BCUT2D eigenvalue weighted by molar-refractivity contribution is -0.145. The van der Waals surface area contributed by atoms with Crippen molar-refractivity contribution in [3.05, 3.63) is 24.2 Å². The van der Waals surface area contributed by atoms with Crippen LogP contribution in [0, 0.1) is 5.92 Å². The van der Waals surface area contributed by atoms with Crippen LogP contribution in [-0.4, -0.2) is 42.8 Å². The third kappa shape index (κ3) is 4.34. The number of hydrogen-bond acceptors (Lipinski definition) is 4. The van der Waals surface area contributed by atoms with Gasteiger partial charge >= 0.3 is 0 Å². The van der Waals surface area contributed by atoms with Crippen LogP contribution < -0.4 is 0 Å². The summed E-state index contributed by atoms with van der Waals surface area (Å²) in [6.07, 6.45) is 5.91. The van der Waals surface area contributed by atoms with Gasteiger partial charge in [0.2, 0.25) is 0 Å². The van der Waals surface area contributed by atoms with E-state index in [1.807, 2.05) is 24.0 Å². The van der Waals surface area contributed by atoms with Crippen molar-refractivity contribution >= 4 is 5.91 Å². The SMILES string of the molecule is CC(OCC1CC1)C(=O)N(Cc1ccco1)CC1CCCO1. The predicted octanol–water partition coefficient (Wildman–Crippen LogP) is 2.60. The summed E-state index contributed by atoms with van der Waals surface area (Å²) >= 11 is 0. The highest BCUT2D eigenvalue weighted by Crippen LogP contribution is 2.29. The first-order valence-electron chi connectivity index (χ1n) is 8.26. The maximum Gasteiger partial charge on any atom is 0.251 e. The highest BCUT2D eigenvalue weighted by molar-refractivity contribution is 5.80. The van der Waals surface area contributed by atoms with Crippen LogP contribution >= 0.6 is 0 Å². The molecule has 0 bridgehead atoms. The van der Waals surface area contributed by atoms with E-state index in [0.717, 1.165) is 25.2 Å². The molecule has 1 aromatic heterocycles. The van der Waals surface area contributed by atoms with E-state index >= 15 is 0 Å². The van der Waals surface area contributed by atoms with Gasteiger partial charge in [0, 0.05) is 13.2 Å². The molecule has 2 unspecified atom stereocenters. The lowest BCUT2D eigenvalue weighted by Crippen LogP contribution is -2.42. The number of carbonyl (C=O) groups is 1. The second kappa shape index (κ2) is 7.29. The summed E-state index contributed by atoms with van der Waals surface area (Å²) in [5.74, 6) is 1.47. The van der Waals surface area contributed by atoms with E-state index in [4.69, 9.17) is 13.9 Å². The van der Waals surface area contributed by atoms with Gasteiger partial charge in [-0.25, -0.2) is 0 Å². The van der Waals surface area contributed by atoms with Crippen molar-refractivity contribution in [2.75, 3.05) is 19.8 Å². The van der Waals surface area contributed by atoms with Crippen molar-refractivity contribution in [3.8, 4) is 0 Å². The zero-order valence-electron chi connectivity index (χ0n) is 13.2. The lowest BCUT2D eigenvalue weighted by Gasteiger charge is -2.27. The normalized spacial score (nSPS) is 22.7. The van der Waals surface area contributed by atoms with Crippen LogP contribution in [0.4, 0.5) is 0 Å². The van der Waals surface area contributed by atoms with E-state index < -0.39 is 6.10 Å². The van der Waals surface area contributed by atoms with Gasteiger partial charge in [0.25, 0.3) is 5.91 Å².